The van der Waals surface area contributed by atoms with Crippen LogP contribution in [0, 0.1) is 0 Å². The van der Waals surface area contributed by atoms with E-state index in [2.05, 4.69) is 22.3 Å². The second-order valence-electron chi connectivity index (χ2n) is 6.28. The van der Waals surface area contributed by atoms with Crippen LogP contribution in [0.5, 0.6) is 0 Å². The highest BCUT2D eigenvalue weighted by Gasteiger charge is 2.29. The van der Waals surface area contributed by atoms with Gasteiger partial charge in [-0.3, -0.25) is 4.79 Å². The van der Waals surface area contributed by atoms with Gasteiger partial charge in [0.2, 0.25) is 10.0 Å². The molecule has 1 aliphatic heterocycles. The average Bonchev–Trinajstić information content (AvgIpc) is 2.65. The Bertz CT molecular complexity index is 879. The van der Waals surface area contributed by atoms with E-state index in [-0.39, 0.29) is 10.8 Å². The van der Waals surface area contributed by atoms with E-state index in [9.17, 15) is 13.2 Å². The van der Waals surface area contributed by atoms with Gasteiger partial charge < -0.3 is 10.6 Å². The number of carbonyl (C=O) groups is 1. The first kappa shape index (κ1) is 18.4. The number of hydrogen-bond acceptors (Lipinski definition) is 4. The van der Waals surface area contributed by atoms with Gasteiger partial charge in [-0.2, -0.15) is 4.72 Å². The van der Waals surface area contributed by atoms with Gasteiger partial charge in [0, 0.05) is 12.1 Å². The molecule has 0 aromatic heterocycles. The molecule has 0 aliphatic carbocycles. The molecule has 138 valence electrons. The van der Waals surface area contributed by atoms with Crippen LogP contribution in [0.15, 0.2) is 53.4 Å². The van der Waals surface area contributed by atoms with Crippen LogP contribution < -0.4 is 15.4 Å². The van der Waals surface area contributed by atoms with Gasteiger partial charge in [0.25, 0.3) is 5.91 Å². The number of carbonyl (C=O) groups excluding carboxylic acids is 1. The van der Waals surface area contributed by atoms with Crippen LogP contribution in [0.2, 0.25) is 0 Å². The Kier molecular flexibility index (Phi) is 5.58. The van der Waals surface area contributed by atoms with E-state index >= 15 is 0 Å². The largest absolute Gasteiger partial charge is 0.364 e. The number of hydrogen-bond donors (Lipinski definition) is 3. The monoisotopic (exact) mass is 373 g/mol. The maximum absolute atomic E-state index is 12.4. The summed E-state index contributed by atoms with van der Waals surface area (Å²) in [5, 5.41) is 6.07. The Hall–Kier alpha value is -2.38. The predicted octanol–water partition coefficient (Wildman–Crippen LogP) is 3.01. The van der Waals surface area contributed by atoms with Crippen LogP contribution in [0.1, 0.15) is 48.3 Å². The number of anilines is 1. The maximum atomic E-state index is 12.4. The Morgan fingerprint density at radius 3 is 2.54 bits per heavy atom. The minimum atomic E-state index is -3.58. The van der Waals surface area contributed by atoms with Gasteiger partial charge in [0.1, 0.15) is 11.1 Å². The highest BCUT2D eigenvalue weighted by molar-refractivity contribution is 7.89. The van der Waals surface area contributed by atoms with Crippen LogP contribution in [0.4, 0.5) is 5.69 Å². The molecule has 1 atom stereocenters. The van der Waals surface area contributed by atoms with Crippen LogP contribution in [-0.4, -0.2) is 20.9 Å². The lowest BCUT2D eigenvalue weighted by Gasteiger charge is -2.28. The summed E-state index contributed by atoms with van der Waals surface area (Å²) < 4.78 is 27.4. The lowest BCUT2D eigenvalue weighted by atomic mass is 10.1. The van der Waals surface area contributed by atoms with Gasteiger partial charge in [0.05, 0.1) is 5.69 Å². The van der Waals surface area contributed by atoms with Crippen molar-refractivity contribution in [2.45, 2.75) is 37.2 Å². The van der Waals surface area contributed by atoms with Crippen LogP contribution >= 0.6 is 0 Å². The van der Waals surface area contributed by atoms with Crippen molar-refractivity contribution in [2.75, 3.05) is 11.9 Å². The zero-order valence-corrected chi connectivity index (χ0v) is 15.5. The zero-order valence-electron chi connectivity index (χ0n) is 14.7. The average molecular weight is 373 g/mol. The molecule has 0 saturated carbocycles. The van der Waals surface area contributed by atoms with Crippen molar-refractivity contribution in [3.05, 3.63) is 59.7 Å². The summed E-state index contributed by atoms with van der Waals surface area (Å²) in [7, 11) is -3.58. The Morgan fingerprint density at radius 2 is 1.81 bits per heavy atom. The summed E-state index contributed by atoms with van der Waals surface area (Å²) in [6.45, 7) is 2.78. The van der Waals surface area contributed by atoms with Gasteiger partial charge in [-0.15, -0.1) is 0 Å². The number of rotatable bonds is 6. The van der Waals surface area contributed by atoms with E-state index in [0.717, 1.165) is 24.8 Å². The second-order valence-corrected chi connectivity index (χ2v) is 7.96. The molecule has 2 aromatic carbocycles. The predicted molar refractivity (Wildman–Crippen MR) is 101 cm³/mol. The summed E-state index contributed by atoms with van der Waals surface area (Å²) >= 11 is 0. The molecule has 26 heavy (non-hydrogen) atoms. The van der Waals surface area contributed by atoms with Crippen LogP contribution in [0.25, 0.3) is 0 Å². The van der Waals surface area contributed by atoms with E-state index in [1.165, 1.54) is 0 Å². The van der Waals surface area contributed by atoms with Gasteiger partial charge in [0.15, 0.2) is 0 Å². The normalized spacial score (nSPS) is 17.8. The summed E-state index contributed by atoms with van der Waals surface area (Å²) in [5.41, 5.74) is 1.86. The number of sulfonamides is 1. The highest BCUT2D eigenvalue weighted by atomic mass is 32.2. The first-order valence-electron chi connectivity index (χ1n) is 8.77. The van der Waals surface area contributed by atoms with E-state index in [1.54, 1.807) is 48.5 Å². The van der Waals surface area contributed by atoms with E-state index in [0.29, 0.717) is 17.8 Å². The molecule has 2 aromatic rings. The fourth-order valence-electron chi connectivity index (χ4n) is 2.88. The quantitative estimate of drug-likeness (QED) is 0.679. The van der Waals surface area contributed by atoms with Crippen molar-refractivity contribution in [1.29, 1.82) is 0 Å². The maximum Gasteiger partial charge on any atom is 0.251 e. The van der Waals surface area contributed by atoms with Gasteiger partial charge in [-0.05, 0) is 36.2 Å². The number of unbranched alkanes of at least 4 members (excludes halogenated alkanes) is 2. The van der Waals surface area contributed by atoms with Crippen molar-refractivity contribution in [1.82, 2.24) is 10.0 Å². The minimum Gasteiger partial charge on any atom is -0.364 e. The van der Waals surface area contributed by atoms with Crippen molar-refractivity contribution in [3.8, 4) is 0 Å². The molecule has 0 saturated heterocycles. The van der Waals surface area contributed by atoms with Crippen molar-refractivity contribution in [3.63, 3.8) is 0 Å². The Morgan fingerprint density at radius 1 is 1.08 bits per heavy atom. The molecule has 1 heterocycles. The standard InChI is InChI=1S/C19H23N3O3S/c1-2-3-6-13-20-19(23)15-11-9-14(10-12-15)18-21-16-7-4-5-8-17(16)26(24,25)22-18/h4-5,7-12,18,21-22H,2-3,6,13H2,1H3,(H,20,23). The number of nitrogens with one attached hydrogen (secondary N) is 3. The third kappa shape index (κ3) is 4.05. The molecule has 1 amide bonds. The summed E-state index contributed by atoms with van der Waals surface area (Å²) in [4.78, 5) is 12.4. The molecule has 0 fully saturated rings. The molecule has 0 radical (unpaired) electrons. The fraction of sp³-hybridized carbons (Fsp3) is 0.316. The second kappa shape index (κ2) is 7.88. The molecule has 3 rings (SSSR count). The zero-order chi connectivity index (χ0) is 18.6. The van der Waals surface area contributed by atoms with E-state index in [1.807, 2.05) is 0 Å². The molecular weight excluding hydrogens is 350 g/mol. The molecule has 3 N–H and O–H groups in total. The van der Waals surface area contributed by atoms with E-state index in [4.69, 9.17) is 0 Å². The third-order valence-corrected chi connectivity index (χ3v) is 5.80. The molecule has 0 bridgehead atoms. The minimum absolute atomic E-state index is 0.116. The first-order chi connectivity index (χ1) is 12.5. The summed E-state index contributed by atoms with van der Waals surface area (Å²) in [6.07, 6.45) is 2.59. The van der Waals surface area contributed by atoms with Crippen molar-refractivity contribution in [2.24, 2.45) is 0 Å². The molecular formula is C19H23N3O3S. The summed E-state index contributed by atoms with van der Waals surface area (Å²) in [6, 6.07) is 13.7. The number of amides is 1. The first-order valence-corrected chi connectivity index (χ1v) is 10.3. The van der Waals surface area contributed by atoms with Gasteiger partial charge in [-0.25, -0.2) is 8.42 Å². The van der Waals surface area contributed by atoms with E-state index < -0.39 is 16.2 Å². The van der Waals surface area contributed by atoms with Crippen LogP contribution in [-0.2, 0) is 10.0 Å². The topological polar surface area (TPSA) is 87.3 Å². The highest BCUT2D eigenvalue weighted by Crippen LogP contribution is 2.30. The Balaban J connectivity index is 1.71. The lowest BCUT2D eigenvalue weighted by Crippen LogP contribution is -2.38. The number of benzene rings is 2. The SMILES string of the molecule is CCCCCNC(=O)c1ccc(C2Nc3ccccc3S(=O)(=O)N2)cc1. The molecule has 7 heteroatoms. The molecule has 1 unspecified atom stereocenters. The number of para-hydroxylation sites is 1. The van der Waals surface area contributed by atoms with Gasteiger partial charge >= 0.3 is 0 Å². The molecule has 6 nitrogen and oxygen atoms in total. The van der Waals surface area contributed by atoms with Crippen molar-refractivity contribution >= 4 is 21.6 Å². The molecule has 1 aliphatic rings. The lowest BCUT2D eigenvalue weighted by molar-refractivity contribution is 0.0953. The number of fused-ring (bicyclic) bond motifs is 1. The fourth-order valence-corrected chi connectivity index (χ4v) is 4.19. The third-order valence-electron chi connectivity index (χ3n) is 4.32. The van der Waals surface area contributed by atoms with Gasteiger partial charge in [-0.1, -0.05) is 44.0 Å². The molecule has 0 spiro atoms. The van der Waals surface area contributed by atoms with Crippen LogP contribution in [0.3, 0.4) is 0 Å². The van der Waals surface area contributed by atoms with Crippen molar-refractivity contribution < 1.29 is 13.2 Å². The smallest absolute Gasteiger partial charge is 0.251 e. The Labute approximate surface area is 154 Å². The summed E-state index contributed by atoms with van der Waals surface area (Å²) in [5.74, 6) is -0.116.